The number of carbonyl (C=O) groups excluding carboxylic acids is 2. The summed E-state index contributed by atoms with van der Waals surface area (Å²) in [6.07, 6.45) is 11.0. The number of hydrogen-bond donors (Lipinski definition) is 1. The average Bonchev–Trinajstić information content (AvgIpc) is 2.62. The monoisotopic (exact) mass is 335 g/mol. The van der Waals surface area contributed by atoms with Gasteiger partial charge in [0, 0.05) is 44.6 Å². The van der Waals surface area contributed by atoms with Crippen molar-refractivity contribution in [3.63, 3.8) is 0 Å². The number of rotatable bonds is 3. The Kier molecular flexibility index (Phi) is 6.14. The fraction of sp³-hybridized carbons (Fsp3) is 0.895. The zero-order valence-corrected chi connectivity index (χ0v) is 14.9. The van der Waals surface area contributed by atoms with Crippen molar-refractivity contribution in [2.75, 3.05) is 26.2 Å². The van der Waals surface area contributed by atoms with Gasteiger partial charge < -0.3 is 15.5 Å². The highest BCUT2D eigenvalue weighted by atomic mass is 16.2. The molecule has 3 fully saturated rings. The molecular formula is C19H33N3O2. The molecule has 2 amide bonds. The Hall–Kier alpha value is -1.10. The van der Waals surface area contributed by atoms with Gasteiger partial charge in [0.1, 0.15) is 0 Å². The van der Waals surface area contributed by atoms with Crippen LogP contribution in [0.25, 0.3) is 0 Å². The van der Waals surface area contributed by atoms with Crippen molar-refractivity contribution in [1.82, 2.24) is 9.80 Å². The van der Waals surface area contributed by atoms with Gasteiger partial charge >= 0.3 is 0 Å². The van der Waals surface area contributed by atoms with E-state index in [0.717, 1.165) is 25.7 Å². The molecular weight excluding hydrogens is 302 g/mol. The van der Waals surface area contributed by atoms with E-state index in [9.17, 15) is 9.59 Å². The third-order valence-corrected chi connectivity index (χ3v) is 6.20. The number of carbonyl (C=O) groups is 2. The van der Waals surface area contributed by atoms with E-state index in [1.165, 1.54) is 32.1 Å². The van der Waals surface area contributed by atoms with Gasteiger partial charge in [-0.25, -0.2) is 0 Å². The van der Waals surface area contributed by atoms with Gasteiger partial charge in [-0.05, 0) is 38.0 Å². The molecule has 0 unspecified atom stereocenters. The Morgan fingerprint density at radius 3 is 2.17 bits per heavy atom. The van der Waals surface area contributed by atoms with Crippen LogP contribution < -0.4 is 5.73 Å². The van der Waals surface area contributed by atoms with Gasteiger partial charge in [-0.3, -0.25) is 9.59 Å². The van der Waals surface area contributed by atoms with Crippen LogP contribution in [0.15, 0.2) is 0 Å². The van der Waals surface area contributed by atoms with E-state index in [-0.39, 0.29) is 17.9 Å². The van der Waals surface area contributed by atoms with Crippen molar-refractivity contribution in [2.24, 2.45) is 17.6 Å². The van der Waals surface area contributed by atoms with E-state index in [4.69, 9.17) is 5.73 Å². The van der Waals surface area contributed by atoms with E-state index in [2.05, 4.69) is 0 Å². The van der Waals surface area contributed by atoms with Crippen LogP contribution >= 0.6 is 0 Å². The zero-order valence-electron chi connectivity index (χ0n) is 14.9. The molecule has 2 N–H and O–H groups in total. The van der Waals surface area contributed by atoms with Crippen LogP contribution in [0.2, 0.25) is 0 Å². The first-order valence-electron chi connectivity index (χ1n) is 9.95. The van der Waals surface area contributed by atoms with E-state index in [1.54, 1.807) is 0 Å². The maximum atomic E-state index is 12.7. The molecule has 0 aromatic carbocycles. The largest absolute Gasteiger partial charge is 0.339 e. The van der Waals surface area contributed by atoms with E-state index < -0.39 is 0 Å². The quantitative estimate of drug-likeness (QED) is 0.859. The number of amides is 2. The summed E-state index contributed by atoms with van der Waals surface area (Å²) in [5.74, 6) is 1.27. The number of piperazine rings is 1. The van der Waals surface area contributed by atoms with E-state index >= 15 is 0 Å². The van der Waals surface area contributed by atoms with Crippen molar-refractivity contribution < 1.29 is 9.59 Å². The molecule has 1 aliphatic heterocycles. The van der Waals surface area contributed by atoms with Crippen molar-refractivity contribution in [1.29, 1.82) is 0 Å². The lowest BCUT2D eigenvalue weighted by Gasteiger charge is -2.38. The van der Waals surface area contributed by atoms with Gasteiger partial charge in [0.05, 0.1) is 0 Å². The predicted octanol–water partition coefficient (Wildman–Crippen LogP) is 2.15. The Morgan fingerprint density at radius 2 is 1.50 bits per heavy atom. The molecule has 1 saturated heterocycles. The molecule has 5 nitrogen and oxygen atoms in total. The van der Waals surface area contributed by atoms with Crippen LogP contribution in [0, 0.1) is 11.8 Å². The second kappa shape index (κ2) is 8.32. The highest BCUT2D eigenvalue weighted by molar-refractivity contribution is 5.80. The van der Waals surface area contributed by atoms with Gasteiger partial charge in [0.2, 0.25) is 11.8 Å². The standard InChI is InChI=1S/C19H33N3O2/c20-17-8-4-7-16(14-17)19(24)22-11-9-21(10-12-22)18(23)13-15-5-2-1-3-6-15/h15-17H,1-14,20H2/t16-,17+/m0/s1. The van der Waals surface area contributed by atoms with Crippen molar-refractivity contribution in [2.45, 2.75) is 70.3 Å². The van der Waals surface area contributed by atoms with Crippen LogP contribution in [0.1, 0.15) is 64.2 Å². The van der Waals surface area contributed by atoms with Crippen molar-refractivity contribution in [3.8, 4) is 0 Å². The summed E-state index contributed by atoms with van der Waals surface area (Å²) in [5.41, 5.74) is 6.02. The minimum absolute atomic E-state index is 0.109. The highest BCUT2D eigenvalue weighted by Gasteiger charge is 2.32. The first-order chi connectivity index (χ1) is 11.6. The molecule has 2 atom stereocenters. The molecule has 2 aliphatic carbocycles. The first-order valence-corrected chi connectivity index (χ1v) is 9.95. The van der Waals surface area contributed by atoms with Crippen LogP contribution in [-0.2, 0) is 9.59 Å². The van der Waals surface area contributed by atoms with Gasteiger partial charge in [-0.2, -0.15) is 0 Å². The molecule has 2 saturated carbocycles. The van der Waals surface area contributed by atoms with E-state index in [1.807, 2.05) is 9.80 Å². The summed E-state index contributed by atoms with van der Waals surface area (Å²) in [6, 6.07) is 0.186. The summed E-state index contributed by atoms with van der Waals surface area (Å²) in [5, 5.41) is 0. The number of hydrogen-bond acceptors (Lipinski definition) is 3. The Labute approximate surface area is 145 Å². The SMILES string of the molecule is N[C@@H]1CCC[C@H](C(=O)N2CCN(C(=O)CC3CCCCC3)CC2)C1. The molecule has 0 spiro atoms. The Bertz CT molecular complexity index is 440. The van der Waals surface area contributed by atoms with Gasteiger partial charge in [0.25, 0.3) is 0 Å². The van der Waals surface area contributed by atoms with Crippen LogP contribution in [0.3, 0.4) is 0 Å². The normalized spacial score (nSPS) is 29.5. The van der Waals surface area contributed by atoms with Crippen molar-refractivity contribution in [3.05, 3.63) is 0 Å². The molecule has 3 rings (SSSR count). The number of nitrogens with two attached hydrogens (primary N) is 1. The van der Waals surface area contributed by atoms with Crippen molar-refractivity contribution >= 4 is 11.8 Å². The highest BCUT2D eigenvalue weighted by Crippen LogP contribution is 2.28. The molecule has 1 heterocycles. The van der Waals surface area contributed by atoms with Crippen LogP contribution in [0.4, 0.5) is 0 Å². The molecule has 0 aromatic rings. The van der Waals surface area contributed by atoms with Crippen LogP contribution in [0.5, 0.6) is 0 Å². The minimum Gasteiger partial charge on any atom is -0.339 e. The topological polar surface area (TPSA) is 66.6 Å². The fourth-order valence-electron chi connectivity index (χ4n) is 4.65. The van der Waals surface area contributed by atoms with Crippen LogP contribution in [-0.4, -0.2) is 53.8 Å². The summed E-state index contributed by atoms with van der Waals surface area (Å²) < 4.78 is 0. The number of nitrogens with zero attached hydrogens (tertiary/aromatic N) is 2. The summed E-state index contributed by atoms with van der Waals surface area (Å²) in [4.78, 5) is 29.1. The third-order valence-electron chi connectivity index (χ3n) is 6.20. The maximum absolute atomic E-state index is 12.7. The van der Waals surface area contributed by atoms with Gasteiger partial charge in [-0.1, -0.05) is 25.7 Å². The first kappa shape index (κ1) is 17.7. The fourth-order valence-corrected chi connectivity index (χ4v) is 4.65. The molecule has 0 bridgehead atoms. The average molecular weight is 335 g/mol. The zero-order chi connectivity index (χ0) is 16.9. The minimum atomic E-state index is 0.109. The second-order valence-electron chi connectivity index (χ2n) is 8.04. The summed E-state index contributed by atoms with van der Waals surface area (Å²) >= 11 is 0. The summed E-state index contributed by atoms with van der Waals surface area (Å²) in [7, 11) is 0. The molecule has 5 heteroatoms. The Balaban J connectivity index is 1.43. The van der Waals surface area contributed by atoms with E-state index in [0.29, 0.717) is 44.4 Å². The lowest BCUT2D eigenvalue weighted by atomic mass is 9.85. The molecule has 0 aromatic heterocycles. The molecule has 3 aliphatic rings. The molecule has 136 valence electrons. The lowest BCUT2D eigenvalue weighted by molar-refractivity contribution is -0.143. The molecule has 24 heavy (non-hydrogen) atoms. The lowest BCUT2D eigenvalue weighted by Crippen LogP contribution is -2.52. The molecule has 0 radical (unpaired) electrons. The smallest absolute Gasteiger partial charge is 0.225 e. The maximum Gasteiger partial charge on any atom is 0.225 e. The predicted molar refractivity (Wildman–Crippen MR) is 94.3 cm³/mol. The third kappa shape index (κ3) is 4.50. The second-order valence-corrected chi connectivity index (χ2v) is 8.04. The summed E-state index contributed by atoms with van der Waals surface area (Å²) in [6.45, 7) is 2.80. The van der Waals surface area contributed by atoms with Gasteiger partial charge in [-0.15, -0.1) is 0 Å². The van der Waals surface area contributed by atoms with Gasteiger partial charge in [0.15, 0.2) is 0 Å². The Morgan fingerprint density at radius 1 is 0.833 bits per heavy atom.